The summed E-state index contributed by atoms with van der Waals surface area (Å²) >= 11 is 0. The second-order valence-electron chi connectivity index (χ2n) is 6.86. The van der Waals surface area contributed by atoms with Crippen molar-refractivity contribution in [1.82, 2.24) is 20.1 Å². The first-order valence-corrected chi connectivity index (χ1v) is 8.89. The predicted octanol–water partition coefficient (Wildman–Crippen LogP) is 5.99. The molecule has 0 amide bonds. The molecule has 0 fully saturated rings. The molecule has 5 aromatic rings. The summed E-state index contributed by atoms with van der Waals surface area (Å²) in [6.07, 6.45) is 1.91. The van der Waals surface area contributed by atoms with Crippen LogP contribution < -0.4 is 0 Å². The number of rotatable bonds is 2. The number of benzene rings is 2. The summed E-state index contributed by atoms with van der Waals surface area (Å²) < 4.78 is 5.38. The lowest BCUT2D eigenvalue weighted by Crippen LogP contribution is -1.88. The van der Waals surface area contributed by atoms with Crippen molar-refractivity contribution >= 4 is 21.9 Å². The maximum atomic E-state index is 5.38. The normalized spacial score (nSPS) is 11.1. The fourth-order valence-electron chi connectivity index (χ4n) is 3.72. The summed E-state index contributed by atoms with van der Waals surface area (Å²) in [5, 5.41) is 5.22. The van der Waals surface area contributed by atoms with Crippen LogP contribution in [0, 0.1) is 20.8 Å². The third-order valence-electron chi connectivity index (χ3n) is 4.93. The van der Waals surface area contributed by atoms with Crippen molar-refractivity contribution in [3.05, 3.63) is 65.9 Å². The molecule has 0 spiro atoms. The Bertz CT molecular complexity index is 1290. The summed E-state index contributed by atoms with van der Waals surface area (Å²) in [4.78, 5) is 12.7. The lowest BCUT2D eigenvalue weighted by Gasteiger charge is -2.08. The van der Waals surface area contributed by atoms with E-state index in [2.05, 4.69) is 39.4 Å². The van der Waals surface area contributed by atoms with Gasteiger partial charge in [0.1, 0.15) is 11.6 Å². The number of H-pyrrole nitrogens is 1. The number of fused-ring (bicyclic) bond motifs is 2. The van der Waals surface area contributed by atoms with Crippen molar-refractivity contribution < 1.29 is 4.52 Å². The molecular formula is C23H22N4O. The molecule has 2 aromatic carbocycles. The molecule has 0 aliphatic heterocycles. The molecule has 1 N–H and O–H groups in total. The molecule has 5 nitrogen and oxygen atoms in total. The number of aryl methyl sites for hydroxylation is 3. The molecule has 140 valence electrons. The first-order valence-electron chi connectivity index (χ1n) is 8.89. The number of aromatic amines is 1. The van der Waals surface area contributed by atoms with Crippen molar-refractivity contribution in [2.24, 2.45) is 0 Å². The van der Waals surface area contributed by atoms with Crippen molar-refractivity contribution in [1.29, 1.82) is 0 Å². The first kappa shape index (κ1) is 17.9. The van der Waals surface area contributed by atoms with Crippen LogP contribution in [0.4, 0.5) is 0 Å². The van der Waals surface area contributed by atoms with E-state index in [0.29, 0.717) is 0 Å². The minimum absolute atomic E-state index is 0. The zero-order valence-electron chi connectivity index (χ0n) is 15.4. The smallest absolute Gasteiger partial charge is 0.141 e. The van der Waals surface area contributed by atoms with Crippen LogP contribution in [-0.4, -0.2) is 20.1 Å². The lowest BCUT2D eigenvalue weighted by atomic mass is 9.97. The van der Waals surface area contributed by atoms with E-state index in [9.17, 15) is 0 Å². The Kier molecular flexibility index (Phi) is 4.23. The van der Waals surface area contributed by atoms with E-state index in [1.807, 2.05) is 45.2 Å². The second-order valence-corrected chi connectivity index (χ2v) is 6.86. The van der Waals surface area contributed by atoms with Gasteiger partial charge in [0.2, 0.25) is 0 Å². The van der Waals surface area contributed by atoms with Crippen LogP contribution in [0.3, 0.4) is 0 Å². The van der Waals surface area contributed by atoms with Gasteiger partial charge < -0.3 is 9.51 Å². The Labute approximate surface area is 163 Å². The molecule has 0 saturated carbocycles. The first-order chi connectivity index (χ1) is 13.1. The number of para-hydroxylation sites is 1. The van der Waals surface area contributed by atoms with Crippen LogP contribution in [0.2, 0.25) is 0 Å². The Balaban J connectivity index is 0.00000192. The Morgan fingerprint density at radius 2 is 1.79 bits per heavy atom. The van der Waals surface area contributed by atoms with E-state index in [1.165, 1.54) is 0 Å². The molecule has 0 radical (unpaired) electrons. The molecule has 3 aromatic heterocycles. The highest BCUT2D eigenvalue weighted by Gasteiger charge is 2.17. The van der Waals surface area contributed by atoms with Gasteiger partial charge in [-0.05, 0) is 50.6 Å². The number of nitrogens with one attached hydrogen (secondary N) is 1. The third kappa shape index (κ3) is 2.76. The van der Waals surface area contributed by atoms with Gasteiger partial charge in [-0.15, -0.1) is 0 Å². The maximum Gasteiger partial charge on any atom is 0.141 e. The van der Waals surface area contributed by atoms with Gasteiger partial charge in [-0.3, -0.25) is 4.98 Å². The van der Waals surface area contributed by atoms with Gasteiger partial charge in [0.15, 0.2) is 0 Å². The van der Waals surface area contributed by atoms with E-state index in [4.69, 9.17) is 9.51 Å². The molecule has 0 aliphatic rings. The van der Waals surface area contributed by atoms with Crippen LogP contribution in [-0.2, 0) is 0 Å². The van der Waals surface area contributed by atoms with Gasteiger partial charge in [-0.25, -0.2) is 4.98 Å². The largest absolute Gasteiger partial charge is 0.361 e. The molecule has 0 unspecified atom stereocenters. The van der Waals surface area contributed by atoms with Crippen molar-refractivity contribution in [3.63, 3.8) is 0 Å². The second kappa shape index (κ2) is 6.60. The molecule has 0 bridgehead atoms. The zero-order valence-corrected chi connectivity index (χ0v) is 15.4. The minimum atomic E-state index is 0. The number of hydrogen-bond donors (Lipinski definition) is 1. The predicted molar refractivity (Wildman–Crippen MR) is 113 cm³/mol. The molecule has 0 atom stereocenters. The standard InChI is InChI=1S/C22H18N4O.CH4/c1-12-21(13(2)27-26-12)16-9-18(22-20(10-16)24-14(3)25-22)17-8-15-6-4-5-7-19(15)23-11-17;/h4-11H,1-3H3,(H,24,25);1H4. The van der Waals surface area contributed by atoms with Crippen molar-refractivity contribution in [2.75, 3.05) is 0 Å². The van der Waals surface area contributed by atoms with Crippen molar-refractivity contribution in [2.45, 2.75) is 28.2 Å². The van der Waals surface area contributed by atoms with Crippen LogP contribution in [0.15, 0.2) is 53.2 Å². The van der Waals surface area contributed by atoms with Gasteiger partial charge in [0.25, 0.3) is 0 Å². The quantitative estimate of drug-likeness (QED) is 0.414. The maximum absolute atomic E-state index is 5.38. The Hall–Kier alpha value is -3.47. The molecule has 5 rings (SSSR count). The van der Waals surface area contributed by atoms with Gasteiger partial charge in [0, 0.05) is 28.3 Å². The van der Waals surface area contributed by atoms with E-state index in [1.54, 1.807) is 0 Å². The highest BCUT2D eigenvalue weighted by atomic mass is 16.5. The topological polar surface area (TPSA) is 67.6 Å². The summed E-state index contributed by atoms with van der Waals surface area (Å²) in [6.45, 7) is 5.87. The molecule has 3 heterocycles. The molecule has 5 heteroatoms. The number of hydrogen-bond acceptors (Lipinski definition) is 4. The fourth-order valence-corrected chi connectivity index (χ4v) is 3.72. The van der Waals surface area contributed by atoms with E-state index >= 15 is 0 Å². The Morgan fingerprint density at radius 3 is 2.57 bits per heavy atom. The Morgan fingerprint density at radius 1 is 0.964 bits per heavy atom. The highest BCUT2D eigenvalue weighted by Crippen LogP contribution is 2.36. The van der Waals surface area contributed by atoms with Gasteiger partial charge >= 0.3 is 0 Å². The van der Waals surface area contributed by atoms with Gasteiger partial charge in [-0.1, -0.05) is 30.8 Å². The van der Waals surface area contributed by atoms with Crippen LogP contribution in [0.5, 0.6) is 0 Å². The highest BCUT2D eigenvalue weighted by molar-refractivity contribution is 5.98. The number of nitrogens with zero attached hydrogens (tertiary/aromatic N) is 3. The monoisotopic (exact) mass is 370 g/mol. The van der Waals surface area contributed by atoms with E-state index in [-0.39, 0.29) is 7.43 Å². The molecule has 0 saturated heterocycles. The molecule has 0 aliphatic carbocycles. The molecule has 28 heavy (non-hydrogen) atoms. The van der Waals surface area contributed by atoms with E-state index < -0.39 is 0 Å². The van der Waals surface area contributed by atoms with E-state index in [0.717, 1.165) is 61.5 Å². The molecular weight excluding hydrogens is 348 g/mol. The number of aromatic nitrogens is 4. The summed E-state index contributed by atoms with van der Waals surface area (Å²) in [5.41, 5.74) is 7.98. The number of pyridine rings is 1. The summed E-state index contributed by atoms with van der Waals surface area (Å²) in [5.74, 6) is 1.70. The summed E-state index contributed by atoms with van der Waals surface area (Å²) in [6, 6.07) is 14.6. The SMILES string of the molecule is C.Cc1nc2c(-c3cnc4ccccc4c3)cc(-c3c(C)noc3C)cc2[nH]1. The van der Waals surface area contributed by atoms with Crippen LogP contribution >= 0.6 is 0 Å². The number of imidazole rings is 1. The zero-order chi connectivity index (χ0) is 18.5. The average molecular weight is 370 g/mol. The minimum Gasteiger partial charge on any atom is -0.361 e. The van der Waals surface area contributed by atoms with Crippen LogP contribution in [0.25, 0.3) is 44.2 Å². The fraction of sp³-hybridized carbons (Fsp3) is 0.174. The van der Waals surface area contributed by atoms with Gasteiger partial charge in [-0.2, -0.15) is 0 Å². The van der Waals surface area contributed by atoms with Crippen LogP contribution in [0.1, 0.15) is 24.7 Å². The summed E-state index contributed by atoms with van der Waals surface area (Å²) in [7, 11) is 0. The van der Waals surface area contributed by atoms with Crippen molar-refractivity contribution in [3.8, 4) is 22.3 Å². The van der Waals surface area contributed by atoms with Gasteiger partial charge in [0.05, 0.1) is 22.2 Å². The third-order valence-corrected chi connectivity index (χ3v) is 4.93. The lowest BCUT2D eigenvalue weighted by molar-refractivity contribution is 0.393. The average Bonchev–Trinajstić information content (AvgIpc) is 3.21.